The van der Waals surface area contributed by atoms with Crippen molar-refractivity contribution in [1.82, 2.24) is 9.78 Å². The molecule has 1 heterocycles. The normalized spacial score (nSPS) is 11.5. The fourth-order valence-corrected chi connectivity index (χ4v) is 2.09. The van der Waals surface area contributed by atoms with Crippen molar-refractivity contribution in [1.29, 1.82) is 0 Å². The van der Waals surface area contributed by atoms with E-state index >= 15 is 0 Å². The van der Waals surface area contributed by atoms with Crippen molar-refractivity contribution in [2.24, 2.45) is 0 Å². The van der Waals surface area contributed by atoms with E-state index in [4.69, 9.17) is 0 Å². The molecule has 0 radical (unpaired) electrons. The van der Waals surface area contributed by atoms with Gasteiger partial charge in [-0.15, -0.1) is 0 Å². The van der Waals surface area contributed by atoms with Crippen LogP contribution in [0.2, 0.25) is 0 Å². The molecule has 0 bridgehead atoms. The summed E-state index contributed by atoms with van der Waals surface area (Å²) in [5, 5.41) is 6.35. The Labute approximate surface area is 125 Å². The molecule has 0 fully saturated rings. The first kappa shape index (κ1) is 16.1. The number of rotatable bonds is 3. The summed E-state index contributed by atoms with van der Waals surface area (Å²) in [5.74, 6) is -0.553. The molecule has 0 saturated carbocycles. The van der Waals surface area contributed by atoms with Gasteiger partial charge in [0.1, 0.15) is 12.2 Å². The number of carbonyl (C=O) groups is 1. The van der Waals surface area contributed by atoms with Crippen LogP contribution in [-0.2, 0) is 17.5 Å². The maximum Gasteiger partial charge on any atom is 0.433 e. The maximum absolute atomic E-state index is 12.9. The molecule has 2 aromatic rings. The Morgan fingerprint density at radius 2 is 1.91 bits per heavy atom. The summed E-state index contributed by atoms with van der Waals surface area (Å²) in [4.78, 5) is 12.0. The summed E-state index contributed by atoms with van der Waals surface area (Å²) in [6, 6.07) is 6.42. The van der Waals surface area contributed by atoms with Gasteiger partial charge in [-0.25, -0.2) is 0 Å². The summed E-state index contributed by atoms with van der Waals surface area (Å²) in [6.45, 7) is 4.65. The molecule has 7 heteroatoms. The topological polar surface area (TPSA) is 46.9 Å². The summed E-state index contributed by atoms with van der Waals surface area (Å²) < 4.78 is 39.3. The molecule has 0 aliphatic heterocycles. The zero-order valence-corrected chi connectivity index (χ0v) is 12.5. The second-order valence-electron chi connectivity index (χ2n) is 5.19. The van der Waals surface area contributed by atoms with Crippen LogP contribution in [0, 0.1) is 20.8 Å². The fourth-order valence-electron chi connectivity index (χ4n) is 2.09. The quantitative estimate of drug-likeness (QED) is 0.943. The number of alkyl halides is 3. The summed E-state index contributed by atoms with van der Waals surface area (Å²) >= 11 is 0. The summed E-state index contributed by atoms with van der Waals surface area (Å²) in [6.07, 6.45) is -4.54. The molecular weight excluding hydrogens is 295 g/mol. The number of anilines is 1. The van der Waals surface area contributed by atoms with Gasteiger partial charge in [0.15, 0.2) is 0 Å². The first-order valence-electron chi connectivity index (χ1n) is 6.65. The van der Waals surface area contributed by atoms with Crippen LogP contribution < -0.4 is 5.32 Å². The van der Waals surface area contributed by atoms with E-state index in [-0.39, 0.29) is 5.69 Å². The highest BCUT2D eigenvalue weighted by Gasteiger charge is 2.35. The van der Waals surface area contributed by atoms with Crippen LogP contribution in [0.25, 0.3) is 0 Å². The first-order valence-corrected chi connectivity index (χ1v) is 6.65. The molecule has 0 saturated heterocycles. The molecular formula is C15H16F3N3O. The number of halogens is 3. The minimum Gasteiger partial charge on any atom is -0.324 e. The summed E-state index contributed by atoms with van der Waals surface area (Å²) in [7, 11) is 0. The third-order valence-corrected chi connectivity index (χ3v) is 3.15. The van der Waals surface area contributed by atoms with Crippen LogP contribution in [-0.4, -0.2) is 15.7 Å². The Morgan fingerprint density at radius 1 is 1.23 bits per heavy atom. The summed E-state index contributed by atoms with van der Waals surface area (Å²) in [5.41, 5.74) is 1.66. The van der Waals surface area contributed by atoms with Crippen molar-refractivity contribution in [2.75, 3.05) is 5.32 Å². The molecule has 118 valence electrons. The molecule has 1 aromatic carbocycles. The number of aromatic nitrogens is 2. The molecule has 4 nitrogen and oxygen atoms in total. The lowest BCUT2D eigenvalue weighted by Gasteiger charge is -2.12. The van der Waals surface area contributed by atoms with Crippen LogP contribution in [0.15, 0.2) is 24.3 Å². The highest BCUT2D eigenvalue weighted by Crippen LogP contribution is 2.29. The average Bonchev–Trinajstić information content (AvgIpc) is 2.74. The van der Waals surface area contributed by atoms with Gasteiger partial charge >= 0.3 is 6.18 Å². The number of hydrogen-bond acceptors (Lipinski definition) is 2. The van der Waals surface area contributed by atoms with Crippen LogP contribution in [0.1, 0.15) is 22.5 Å². The minimum atomic E-state index is -4.54. The van der Waals surface area contributed by atoms with Crippen molar-refractivity contribution in [3.05, 3.63) is 46.8 Å². The first-order chi connectivity index (χ1) is 10.2. The second kappa shape index (κ2) is 5.82. The molecule has 1 aromatic heterocycles. The van der Waals surface area contributed by atoms with Gasteiger partial charge in [0.2, 0.25) is 5.91 Å². The van der Waals surface area contributed by atoms with E-state index < -0.39 is 24.3 Å². The van der Waals surface area contributed by atoms with Gasteiger partial charge in [-0.2, -0.15) is 18.3 Å². The predicted octanol–water partition coefficient (Wildman–Crippen LogP) is 3.47. The lowest BCUT2D eigenvalue weighted by molar-refractivity contribution is -0.144. The van der Waals surface area contributed by atoms with E-state index in [1.165, 1.54) is 6.92 Å². The van der Waals surface area contributed by atoms with E-state index in [1.807, 2.05) is 26.0 Å². The number of amides is 1. The SMILES string of the molecule is Cc1ccc(C)c(NC(=O)Cn2nc(C)cc2C(F)(F)F)c1. The van der Waals surface area contributed by atoms with E-state index in [0.29, 0.717) is 10.4 Å². The fraction of sp³-hybridized carbons (Fsp3) is 0.333. The van der Waals surface area contributed by atoms with Crippen molar-refractivity contribution in [2.45, 2.75) is 33.5 Å². The molecule has 22 heavy (non-hydrogen) atoms. The highest BCUT2D eigenvalue weighted by atomic mass is 19.4. The van der Waals surface area contributed by atoms with Gasteiger partial charge in [-0.05, 0) is 44.0 Å². The van der Waals surface area contributed by atoms with E-state index in [9.17, 15) is 18.0 Å². The molecule has 0 atom stereocenters. The van der Waals surface area contributed by atoms with E-state index in [0.717, 1.165) is 17.2 Å². The smallest absolute Gasteiger partial charge is 0.324 e. The van der Waals surface area contributed by atoms with Gasteiger partial charge in [-0.3, -0.25) is 9.48 Å². The number of carbonyl (C=O) groups excluding carboxylic acids is 1. The molecule has 1 amide bonds. The largest absolute Gasteiger partial charge is 0.433 e. The Balaban J connectivity index is 2.18. The van der Waals surface area contributed by atoms with Crippen LogP contribution in [0.3, 0.4) is 0 Å². The van der Waals surface area contributed by atoms with Crippen molar-refractivity contribution >= 4 is 11.6 Å². The molecule has 0 spiro atoms. The number of nitrogens with zero attached hydrogens (tertiary/aromatic N) is 2. The van der Waals surface area contributed by atoms with Crippen molar-refractivity contribution in [3.63, 3.8) is 0 Å². The number of hydrogen-bond donors (Lipinski definition) is 1. The highest BCUT2D eigenvalue weighted by molar-refractivity contribution is 5.91. The third kappa shape index (κ3) is 3.66. The maximum atomic E-state index is 12.9. The molecule has 1 N–H and O–H groups in total. The van der Waals surface area contributed by atoms with Crippen LogP contribution in [0.5, 0.6) is 0 Å². The Kier molecular flexibility index (Phi) is 4.25. The number of nitrogens with one attached hydrogen (secondary N) is 1. The lowest BCUT2D eigenvalue weighted by atomic mass is 10.1. The Hall–Kier alpha value is -2.31. The molecule has 0 aliphatic rings. The van der Waals surface area contributed by atoms with Crippen molar-refractivity contribution < 1.29 is 18.0 Å². The van der Waals surface area contributed by atoms with Crippen LogP contribution >= 0.6 is 0 Å². The van der Waals surface area contributed by atoms with Crippen LogP contribution in [0.4, 0.5) is 18.9 Å². The number of aryl methyl sites for hydroxylation is 3. The van der Waals surface area contributed by atoms with E-state index in [1.54, 1.807) is 6.07 Å². The second-order valence-corrected chi connectivity index (χ2v) is 5.19. The Morgan fingerprint density at radius 3 is 2.55 bits per heavy atom. The molecule has 2 rings (SSSR count). The third-order valence-electron chi connectivity index (χ3n) is 3.15. The Bertz CT molecular complexity index is 705. The zero-order chi connectivity index (χ0) is 16.5. The predicted molar refractivity (Wildman–Crippen MR) is 76.5 cm³/mol. The van der Waals surface area contributed by atoms with Gasteiger partial charge in [0, 0.05) is 5.69 Å². The van der Waals surface area contributed by atoms with Crippen molar-refractivity contribution in [3.8, 4) is 0 Å². The standard InChI is InChI=1S/C15H16F3N3O/c1-9-4-5-10(2)12(6-9)19-14(22)8-21-13(15(16,17)18)7-11(3)20-21/h4-7H,8H2,1-3H3,(H,19,22). The molecule has 0 aliphatic carbocycles. The van der Waals surface area contributed by atoms with Gasteiger partial charge < -0.3 is 5.32 Å². The van der Waals surface area contributed by atoms with Gasteiger partial charge in [0.05, 0.1) is 5.69 Å². The molecule has 0 unspecified atom stereocenters. The monoisotopic (exact) mass is 311 g/mol. The zero-order valence-electron chi connectivity index (χ0n) is 12.5. The van der Waals surface area contributed by atoms with Gasteiger partial charge in [-0.1, -0.05) is 12.1 Å². The average molecular weight is 311 g/mol. The van der Waals surface area contributed by atoms with Gasteiger partial charge in [0.25, 0.3) is 0 Å². The lowest BCUT2D eigenvalue weighted by Crippen LogP contribution is -2.24. The van der Waals surface area contributed by atoms with E-state index in [2.05, 4.69) is 10.4 Å². The minimum absolute atomic E-state index is 0.215. The number of benzene rings is 1.